The first kappa shape index (κ1) is 10.8. The Balaban J connectivity index is 2.06. The van der Waals surface area contributed by atoms with Gasteiger partial charge in [0.1, 0.15) is 24.4 Å². The molecule has 15 heavy (non-hydrogen) atoms. The van der Waals surface area contributed by atoms with Crippen LogP contribution in [0.3, 0.4) is 0 Å². The maximum atomic E-state index is 11.0. The second-order valence-electron chi connectivity index (χ2n) is 3.79. The van der Waals surface area contributed by atoms with Crippen molar-refractivity contribution in [3.8, 4) is 0 Å². The van der Waals surface area contributed by atoms with Gasteiger partial charge in [-0.2, -0.15) is 0 Å². The molecule has 86 valence electrons. The first-order chi connectivity index (χ1) is 7.13. The third kappa shape index (κ3) is 1.85. The molecule has 2 heterocycles. The van der Waals surface area contributed by atoms with Gasteiger partial charge in [-0.1, -0.05) is 0 Å². The maximum Gasteiger partial charge on any atom is 0.217 e. The lowest BCUT2D eigenvalue weighted by Gasteiger charge is -2.49. The number of rotatable bonds is 2. The second kappa shape index (κ2) is 4.05. The fourth-order valence-corrected chi connectivity index (χ4v) is 1.93. The molecule has 0 saturated carbocycles. The van der Waals surface area contributed by atoms with Gasteiger partial charge in [-0.3, -0.25) is 4.79 Å². The predicted molar refractivity (Wildman–Crippen MR) is 49.0 cm³/mol. The molecule has 2 aliphatic rings. The predicted octanol–water partition coefficient (Wildman–Crippen LogP) is -1.38. The lowest BCUT2D eigenvalue weighted by molar-refractivity contribution is -0.322. The van der Waals surface area contributed by atoms with E-state index in [1.165, 1.54) is 14.0 Å². The van der Waals surface area contributed by atoms with E-state index in [1.807, 2.05) is 0 Å². The molecule has 2 unspecified atom stereocenters. The van der Waals surface area contributed by atoms with Crippen molar-refractivity contribution in [3.63, 3.8) is 0 Å². The molecule has 5 atom stereocenters. The molecule has 0 bridgehead atoms. The first-order valence-corrected chi connectivity index (χ1v) is 4.88. The Morgan fingerprint density at radius 1 is 1.60 bits per heavy atom. The Labute approximate surface area is 87.5 Å². The minimum atomic E-state index is -0.786. The molecule has 6 nitrogen and oxygen atoms in total. The van der Waals surface area contributed by atoms with E-state index in [0.29, 0.717) is 6.61 Å². The van der Waals surface area contributed by atoms with E-state index in [-0.39, 0.29) is 18.1 Å². The number of nitrogens with one attached hydrogen (secondary N) is 1. The van der Waals surface area contributed by atoms with Crippen molar-refractivity contribution in [2.75, 3.05) is 13.7 Å². The van der Waals surface area contributed by atoms with E-state index >= 15 is 0 Å². The molecule has 2 saturated heterocycles. The molecular formula is C9H15NO5. The number of hydrogen-bond acceptors (Lipinski definition) is 5. The fraction of sp³-hybridized carbons (Fsp3) is 0.889. The number of aliphatic hydroxyl groups excluding tert-OH is 1. The molecular weight excluding hydrogens is 202 g/mol. The van der Waals surface area contributed by atoms with Gasteiger partial charge in [0.2, 0.25) is 5.91 Å². The van der Waals surface area contributed by atoms with E-state index in [9.17, 15) is 9.90 Å². The van der Waals surface area contributed by atoms with Crippen LogP contribution in [-0.2, 0) is 19.0 Å². The van der Waals surface area contributed by atoms with Crippen molar-refractivity contribution in [1.82, 2.24) is 5.32 Å². The zero-order chi connectivity index (χ0) is 11.0. The molecule has 2 fully saturated rings. The van der Waals surface area contributed by atoms with Crippen molar-refractivity contribution in [3.05, 3.63) is 0 Å². The zero-order valence-corrected chi connectivity index (χ0v) is 8.67. The Hall–Kier alpha value is -0.690. The van der Waals surface area contributed by atoms with Crippen molar-refractivity contribution >= 4 is 5.91 Å². The minimum Gasteiger partial charge on any atom is -0.388 e. The highest BCUT2D eigenvalue weighted by Crippen LogP contribution is 2.30. The van der Waals surface area contributed by atoms with Crippen molar-refractivity contribution in [2.24, 2.45) is 0 Å². The van der Waals surface area contributed by atoms with Crippen LogP contribution in [0.15, 0.2) is 0 Å². The Bertz CT molecular complexity index is 257. The van der Waals surface area contributed by atoms with Gasteiger partial charge in [0.15, 0.2) is 6.29 Å². The highest BCUT2D eigenvalue weighted by molar-refractivity contribution is 5.73. The highest BCUT2D eigenvalue weighted by atomic mass is 16.7. The molecule has 0 spiro atoms. The fourth-order valence-electron chi connectivity index (χ4n) is 1.93. The minimum absolute atomic E-state index is 0.130. The summed E-state index contributed by atoms with van der Waals surface area (Å²) in [4.78, 5) is 11.0. The molecule has 0 aromatic carbocycles. The maximum absolute atomic E-state index is 11.0. The molecule has 2 aliphatic heterocycles. The van der Waals surface area contributed by atoms with E-state index in [2.05, 4.69) is 5.32 Å². The number of fused-ring (bicyclic) bond motifs is 1. The van der Waals surface area contributed by atoms with Crippen molar-refractivity contribution in [1.29, 1.82) is 0 Å². The SMILES string of the molecule is CO[C@@H]1OC2CO[C@@H]2C(O)[C@@H]1NC(C)=O. The van der Waals surface area contributed by atoms with E-state index in [0.717, 1.165) is 0 Å². The van der Waals surface area contributed by atoms with Gasteiger partial charge in [-0.25, -0.2) is 0 Å². The van der Waals surface area contributed by atoms with Gasteiger partial charge in [-0.05, 0) is 0 Å². The molecule has 2 rings (SSSR count). The summed E-state index contributed by atoms with van der Waals surface area (Å²) in [5.74, 6) is -0.234. The average Bonchev–Trinajstić information content (AvgIpc) is 2.12. The highest BCUT2D eigenvalue weighted by Gasteiger charge is 2.51. The molecule has 0 radical (unpaired) electrons. The van der Waals surface area contributed by atoms with Crippen LogP contribution >= 0.6 is 0 Å². The summed E-state index contributed by atoms with van der Waals surface area (Å²) < 4.78 is 15.7. The first-order valence-electron chi connectivity index (χ1n) is 4.88. The smallest absolute Gasteiger partial charge is 0.217 e. The van der Waals surface area contributed by atoms with Crippen LogP contribution in [0.2, 0.25) is 0 Å². The largest absolute Gasteiger partial charge is 0.388 e. The summed E-state index contributed by atoms with van der Waals surface area (Å²) in [5, 5.41) is 12.5. The molecule has 2 N–H and O–H groups in total. The Kier molecular flexibility index (Phi) is 2.92. The second-order valence-corrected chi connectivity index (χ2v) is 3.79. The van der Waals surface area contributed by atoms with Crippen LogP contribution in [0, 0.1) is 0 Å². The van der Waals surface area contributed by atoms with E-state index in [4.69, 9.17) is 14.2 Å². The van der Waals surface area contributed by atoms with Crippen LogP contribution in [0.5, 0.6) is 0 Å². The number of aliphatic hydroxyl groups is 1. The van der Waals surface area contributed by atoms with Gasteiger partial charge in [0.05, 0.1) is 6.61 Å². The summed E-state index contributed by atoms with van der Waals surface area (Å²) in [6, 6.07) is -0.575. The number of carbonyl (C=O) groups excluding carboxylic acids is 1. The normalized spacial score (nSPS) is 44.1. The third-order valence-electron chi connectivity index (χ3n) is 2.73. The third-order valence-corrected chi connectivity index (χ3v) is 2.73. The van der Waals surface area contributed by atoms with E-state index in [1.54, 1.807) is 0 Å². The lowest BCUT2D eigenvalue weighted by atomic mass is 9.93. The van der Waals surface area contributed by atoms with Gasteiger partial charge in [0, 0.05) is 14.0 Å². The van der Waals surface area contributed by atoms with Crippen LogP contribution in [0.4, 0.5) is 0 Å². The van der Waals surface area contributed by atoms with Crippen molar-refractivity contribution in [2.45, 2.75) is 37.6 Å². The average molecular weight is 217 g/mol. The topological polar surface area (TPSA) is 77.0 Å². The number of carbonyl (C=O) groups is 1. The zero-order valence-electron chi connectivity index (χ0n) is 8.67. The van der Waals surface area contributed by atoms with Crippen LogP contribution in [-0.4, -0.2) is 55.4 Å². The summed E-state index contributed by atoms with van der Waals surface area (Å²) in [6.07, 6.45) is -1.89. The van der Waals surface area contributed by atoms with Crippen LogP contribution in [0.25, 0.3) is 0 Å². The number of ether oxygens (including phenoxy) is 3. The Morgan fingerprint density at radius 2 is 2.33 bits per heavy atom. The number of amides is 1. The van der Waals surface area contributed by atoms with Gasteiger partial charge in [0.25, 0.3) is 0 Å². The quantitative estimate of drug-likeness (QED) is 0.596. The monoisotopic (exact) mass is 217 g/mol. The summed E-state index contributed by atoms with van der Waals surface area (Å²) in [6.45, 7) is 1.85. The van der Waals surface area contributed by atoms with Gasteiger partial charge >= 0.3 is 0 Å². The van der Waals surface area contributed by atoms with Gasteiger partial charge < -0.3 is 24.6 Å². The Morgan fingerprint density at radius 3 is 2.80 bits per heavy atom. The molecule has 0 aliphatic carbocycles. The number of hydrogen-bond donors (Lipinski definition) is 2. The number of methoxy groups -OCH3 is 1. The van der Waals surface area contributed by atoms with E-state index < -0.39 is 18.4 Å². The van der Waals surface area contributed by atoms with Crippen LogP contribution < -0.4 is 5.32 Å². The summed E-state index contributed by atoms with van der Waals surface area (Å²) in [7, 11) is 1.48. The summed E-state index contributed by atoms with van der Waals surface area (Å²) in [5.41, 5.74) is 0. The lowest BCUT2D eigenvalue weighted by Crippen LogP contribution is -2.69. The summed E-state index contributed by atoms with van der Waals surface area (Å²) >= 11 is 0. The molecule has 0 aromatic rings. The molecule has 0 aromatic heterocycles. The van der Waals surface area contributed by atoms with Crippen molar-refractivity contribution < 1.29 is 24.1 Å². The molecule has 1 amide bonds. The standard InChI is InChI=1S/C9H15NO5/c1-4(11)10-6-7(12)8-5(3-14-8)15-9(6)13-2/h5-9,12H,3H2,1-2H3,(H,10,11)/t5?,6-,7?,8-,9+/m0/s1. The molecule has 6 heteroatoms. The van der Waals surface area contributed by atoms with Gasteiger partial charge in [-0.15, -0.1) is 0 Å². The van der Waals surface area contributed by atoms with Crippen LogP contribution in [0.1, 0.15) is 6.92 Å².